The molecule has 2 atom stereocenters. The number of ether oxygens (including phenoxy) is 1. The molecule has 1 aromatic carbocycles. The second kappa shape index (κ2) is 7.25. The van der Waals surface area contributed by atoms with Crippen molar-refractivity contribution in [2.24, 2.45) is 0 Å². The highest BCUT2D eigenvalue weighted by atomic mass is 32.2. The summed E-state index contributed by atoms with van der Waals surface area (Å²) in [5, 5.41) is 2.10. The lowest BCUT2D eigenvalue weighted by atomic mass is 10.0. The highest BCUT2D eigenvalue weighted by molar-refractivity contribution is 8.02. The molecule has 2 aliphatic rings. The number of rotatable bonds is 5. The second-order valence-electron chi connectivity index (χ2n) is 5.03. The van der Waals surface area contributed by atoms with Gasteiger partial charge in [-0.3, -0.25) is 0 Å². The summed E-state index contributed by atoms with van der Waals surface area (Å²) in [5.41, 5.74) is 1.24. The molecular weight excluding hydrogens is 300 g/mol. The molecule has 1 heterocycles. The van der Waals surface area contributed by atoms with Gasteiger partial charge < -0.3 is 8.92 Å². The van der Waals surface area contributed by atoms with Crippen LogP contribution in [0.2, 0.25) is 0 Å². The van der Waals surface area contributed by atoms with Crippen LogP contribution in [0.5, 0.6) is 5.75 Å². The molecule has 0 saturated carbocycles. The molecule has 0 aromatic heterocycles. The predicted octanol–water partition coefficient (Wildman–Crippen LogP) is 4.96. The van der Waals surface area contributed by atoms with Crippen LogP contribution in [0.1, 0.15) is 13.3 Å². The van der Waals surface area contributed by atoms with Crippen molar-refractivity contribution in [3.05, 3.63) is 64.4 Å². The number of allylic oxidation sites excluding steroid dienone is 1. The van der Waals surface area contributed by atoms with Gasteiger partial charge in [0.2, 0.25) is 0 Å². The molecule has 1 aliphatic carbocycles. The molecule has 0 N–H and O–H groups in total. The minimum Gasteiger partial charge on any atom is -0.486 e. The molecule has 0 amide bonds. The second-order valence-corrected chi connectivity index (χ2v) is 6.80. The summed E-state index contributed by atoms with van der Waals surface area (Å²) >= 11 is 3.27. The lowest BCUT2D eigenvalue weighted by Crippen LogP contribution is -2.19. The van der Waals surface area contributed by atoms with Crippen LogP contribution in [0.3, 0.4) is 0 Å². The Bertz CT molecular complexity index is 563. The largest absolute Gasteiger partial charge is 0.486 e. The van der Waals surface area contributed by atoms with Crippen LogP contribution in [0.15, 0.2) is 64.4 Å². The van der Waals surface area contributed by atoms with Crippen molar-refractivity contribution in [3.63, 3.8) is 0 Å². The number of thioether (sulfide) groups is 1. The lowest BCUT2D eigenvalue weighted by molar-refractivity contribution is 0.239. The van der Waals surface area contributed by atoms with Crippen LogP contribution >= 0.6 is 23.8 Å². The lowest BCUT2D eigenvalue weighted by Gasteiger charge is -2.22. The van der Waals surface area contributed by atoms with Crippen molar-refractivity contribution in [2.45, 2.75) is 25.6 Å². The van der Waals surface area contributed by atoms with Gasteiger partial charge >= 0.3 is 0 Å². The number of benzene rings is 1. The van der Waals surface area contributed by atoms with Gasteiger partial charge in [0, 0.05) is 29.1 Å². The zero-order valence-electron chi connectivity index (χ0n) is 11.9. The first kappa shape index (κ1) is 14.8. The quantitative estimate of drug-likeness (QED) is 0.714. The van der Waals surface area contributed by atoms with E-state index >= 15 is 0 Å². The van der Waals surface area contributed by atoms with E-state index in [1.165, 1.54) is 22.5 Å². The summed E-state index contributed by atoms with van der Waals surface area (Å²) in [4.78, 5) is 1.17. The first-order valence-corrected chi connectivity index (χ1v) is 8.82. The van der Waals surface area contributed by atoms with Gasteiger partial charge in [-0.15, -0.1) is 11.8 Å². The Kier molecular flexibility index (Phi) is 5.12. The Hall–Kier alpha value is -1.10. The Balaban J connectivity index is 1.53. The third-order valence-electron chi connectivity index (χ3n) is 3.35. The minimum atomic E-state index is 0.124. The molecule has 4 heteroatoms. The smallest absolute Gasteiger partial charge is 0.123 e. The van der Waals surface area contributed by atoms with Gasteiger partial charge in [-0.25, -0.2) is 0 Å². The van der Waals surface area contributed by atoms with Gasteiger partial charge in [-0.05, 0) is 42.2 Å². The Labute approximate surface area is 134 Å². The van der Waals surface area contributed by atoms with Crippen molar-refractivity contribution in [2.75, 3.05) is 5.75 Å². The summed E-state index contributed by atoms with van der Waals surface area (Å²) in [6.45, 7) is 2.12. The third-order valence-corrected chi connectivity index (χ3v) is 5.04. The summed E-state index contributed by atoms with van der Waals surface area (Å²) in [7, 11) is 0. The maximum absolute atomic E-state index is 6.02. The van der Waals surface area contributed by atoms with E-state index in [-0.39, 0.29) is 12.2 Å². The van der Waals surface area contributed by atoms with Gasteiger partial charge in [-0.2, -0.15) is 0 Å². The van der Waals surface area contributed by atoms with Crippen LogP contribution in [-0.4, -0.2) is 18.0 Å². The fraction of sp³-hybridized carbons (Fsp3) is 0.294. The fourth-order valence-electron chi connectivity index (χ4n) is 2.17. The summed E-state index contributed by atoms with van der Waals surface area (Å²) in [6.07, 6.45) is 7.70. The van der Waals surface area contributed by atoms with E-state index in [1.807, 2.05) is 30.3 Å². The van der Waals surface area contributed by atoms with Gasteiger partial charge in [-0.1, -0.05) is 24.3 Å². The highest BCUT2D eigenvalue weighted by Crippen LogP contribution is 2.31. The van der Waals surface area contributed by atoms with Crippen molar-refractivity contribution in [1.82, 2.24) is 0 Å². The molecule has 0 radical (unpaired) electrons. The Morgan fingerprint density at radius 3 is 2.81 bits per heavy atom. The van der Waals surface area contributed by atoms with Crippen LogP contribution in [0.4, 0.5) is 0 Å². The van der Waals surface area contributed by atoms with E-state index in [1.54, 1.807) is 11.8 Å². The number of hydrogen-bond donors (Lipinski definition) is 0. The van der Waals surface area contributed by atoms with Crippen LogP contribution in [0, 0.1) is 0 Å². The average Bonchev–Trinajstić information content (AvgIpc) is 3.02. The normalized spacial score (nSPS) is 24.6. The van der Waals surface area contributed by atoms with Crippen molar-refractivity contribution in [1.29, 1.82) is 0 Å². The van der Waals surface area contributed by atoms with E-state index in [0.29, 0.717) is 0 Å². The number of para-hydroxylation sites is 1. The molecule has 2 unspecified atom stereocenters. The summed E-state index contributed by atoms with van der Waals surface area (Å²) < 4.78 is 11.8. The van der Waals surface area contributed by atoms with Crippen molar-refractivity contribution in [3.8, 4) is 5.75 Å². The maximum atomic E-state index is 6.02. The Morgan fingerprint density at radius 1 is 1.24 bits per heavy atom. The topological polar surface area (TPSA) is 18.5 Å². The summed E-state index contributed by atoms with van der Waals surface area (Å²) in [5.74, 6) is 1.94. The van der Waals surface area contributed by atoms with Gasteiger partial charge in [0.1, 0.15) is 18.0 Å². The molecule has 0 spiro atoms. The van der Waals surface area contributed by atoms with Crippen LogP contribution in [-0.2, 0) is 4.18 Å². The summed E-state index contributed by atoms with van der Waals surface area (Å²) in [6, 6.07) is 9.98. The standard InChI is InChI=1S/C17H18O2S2/c1-13-11-16(21-19-15-9-10-20-12-15)7-8-17(13)18-14-5-3-2-4-6-14/h2-7,9-11,15,17H,8,12H2,1H3. The molecule has 0 bridgehead atoms. The van der Waals surface area contributed by atoms with E-state index in [2.05, 4.69) is 30.6 Å². The molecular formula is C17H18O2S2. The first-order valence-electron chi connectivity index (χ1n) is 7.03. The fourth-order valence-corrected chi connectivity index (χ4v) is 3.79. The monoisotopic (exact) mass is 318 g/mol. The molecule has 1 aromatic rings. The molecule has 21 heavy (non-hydrogen) atoms. The van der Waals surface area contributed by atoms with Gasteiger partial charge in [0.15, 0.2) is 0 Å². The zero-order valence-corrected chi connectivity index (χ0v) is 13.5. The Morgan fingerprint density at radius 2 is 2.10 bits per heavy atom. The van der Waals surface area contributed by atoms with E-state index in [0.717, 1.165) is 17.9 Å². The molecule has 1 aliphatic heterocycles. The SMILES string of the molecule is CC1=CC(SOC2C=CSC2)=CCC1Oc1ccccc1. The van der Waals surface area contributed by atoms with E-state index < -0.39 is 0 Å². The van der Waals surface area contributed by atoms with Gasteiger partial charge in [0.05, 0.1) is 0 Å². The predicted molar refractivity (Wildman–Crippen MR) is 91.4 cm³/mol. The van der Waals surface area contributed by atoms with Crippen LogP contribution in [0.25, 0.3) is 0 Å². The molecule has 3 rings (SSSR count). The van der Waals surface area contributed by atoms with Crippen LogP contribution < -0.4 is 4.74 Å². The third kappa shape index (κ3) is 4.19. The molecule has 110 valence electrons. The zero-order chi connectivity index (χ0) is 14.5. The first-order chi connectivity index (χ1) is 10.3. The minimum absolute atomic E-state index is 0.124. The molecule has 0 fully saturated rings. The van der Waals surface area contributed by atoms with E-state index in [4.69, 9.17) is 8.92 Å². The molecule has 0 saturated heterocycles. The highest BCUT2D eigenvalue weighted by Gasteiger charge is 2.18. The van der Waals surface area contributed by atoms with Gasteiger partial charge in [0.25, 0.3) is 0 Å². The van der Waals surface area contributed by atoms with Crippen molar-refractivity contribution >= 4 is 23.8 Å². The maximum Gasteiger partial charge on any atom is 0.123 e. The van der Waals surface area contributed by atoms with E-state index in [9.17, 15) is 0 Å². The number of hydrogen-bond acceptors (Lipinski definition) is 4. The molecule has 2 nitrogen and oxygen atoms in total. The van der Waals surface area contributed by atoms with Crippen molar-refractivity contribution < 1.29 is 8.92 Å². The average molecular weight is 318 g/mol.